The minimum Gasteiger partial charge on any atom is -0.463 e. The third-order valence-electron chi connectivity index (χ3n) is 12.2. The molecule has 0 unspecified atom stereocenters. The zero-order valence-electron chi connectivity index (χ0n) is 23.0. The topological polar surface area (TPSA) is 26.3 Å². The molecule has 0 aromatic rings. The van der Waals surface area contributed by atoms with E-state index in [0.717, 1.165) is 60.2 Å². The van der Waals surface area contributed by atoms with Gasteiger partial charge in [-0.1, -0.05) is 54.4 Å². The molecule has 0 amide bonds. The molecule has 4 rings (SSSR count). The van der Waals surface area contributed by atoms with Crippen LogP contribution in [0.2, 0.25) is 0 Å². The predicted octanol–water partition coefficient (Wildman–Crippen LogP) is 8.68. The van der Waals surface area contributed by atoms with Crippen LogP contribution in [0.1, 0.15) is 126 Å². The van der Waals surface area contributed by atoms with Crippen LogP contribution in [0.5, 0.6) is 0 Å². The molecular formula is C31H54O2. The molecule has 33 heavy (non-hydrogen) atoms. The van der Waals surface area contributed by atoms with Crippen molar-refractivity contribution < 1.29 is 9.53 Å². The van der Waals surface area contributed by atoms with Crippen LogP contribution in [0.4, 0.5) is 0 Å². The average Bonchev–Trinajstić information content (AvgIpc) is 3.11. The van der Waals surface area contributed by atoms with Gasteiger partial charge in [0.2, 0.25) is 0 Å². The molecule has 0 aromatic carbocycles. The molecule has 0 N–H and O–H groups in total. The van der Waals surface area contributed by atoms with Gasteiger partial charge in [0.25, 0.3) is 0 Å². The number of carbonyl (C=O) groups is 1. The van der Waals surface area contributed by atoms with Gasteiger partial charge in [-0.15, -0.1) is 0 Å². The summed E-state index contributed by atoms with van der Waals surface area (Å²) in [6.07, 6.45) is 16.6. The largest absolute Gasteiger partial charge is 0.463 e. The quantitative estimate of drug-likeness (QED) is 0.357. The second kappa shape index (κ2) is 9.85. The number of rotatable bonds is 7. The fraction of sp³-hybridized carbons (Fsp3) is 0.968. The van der Waals surface area contributed by atoms with E-state index in [2.05, 4.69) is 41.5 Å². The number of carbonyl (C=O) groups excluding carboxylic acids is 1. The van der Waals surface area contributed by atoms with Crippen molar-refractivity contribution in [3.05, 3.63) is 0 Å². The van der Waals surface area contributed by atoms with Crippen molar-refractivity contribution in [2.75, 3.05) is 0 Å². The van der Waals surface area contributed by atoms with Crippen LogP contribution in [-0.4, -0.2) is 12.1 Å². The maximum atomic E-state index is 11.5. The minimum absolute atomic E-state index is 0.0875. The van der Waals surface area contributed by atoms with Crippen LogP contribution in [-0.2, 0) is 9.53 Å². The molecule has 4 aliphatic rings. The van der Waals surface area contributed by atoms with Gasteiger partial charge < -0.3 is 4.74 Å². The molecule has 0 bridgehead atoms. The first-order valence-corrected chi connectivity index (χ1v) is 14.8. The van der Waals surface area contributed by atoms with Crippen molar-refractivity contribution in [1.82, 2.24) is 0 Å². The molecular weight excluding hydrogens is 404 g/mol. The lowest BCUT2D eigenvalue weighted by molar-refractivity contribution is -0.160. The Kier molecular flexibility index (Phi) is 7.63. The normalized spacial score (nSPS) is 44.5. The zero-order chi connectivity index (χ0) is 24.0. The van der Waals surface area contributed by atoms with E-state index in [1.165, 1.54) is 64.2 Å². The highest BCUT2D eigenvalue weighted by molar-refractivity contribution is 5.66. The van der Waals surface area contributed by atoms with E-state index in [9.17, 15) is 4.79 Å². The van der Waals surface area contributed by atoms with Gasteiger partial charge in [-0.2, -0.15) is 0 Å². The highest BCUT2D eigenvalue weighted by Crippen LogP contribution is 2.68. The molecule has 10 atom stereocenters. The van der Waals surface area contributed by atoms with Gasteiger partial charge in [-0.25, -0.2) is 0 Å². The summed E-state index contributed by atoms with van der Waals surface area (Å²) in [7, 11) is 0. The van der Waals surface area contributed by atoms with Crippen LogP contribution in [0.15, 0.2) is 0 Å². The summed E-state index contributed by atoms with van der Waals surface area (Å²) in [5, 5.41) is 0. The molecule has 0 aromatic heterocycles. The van der Waals surface area contributed by atoms with E-state index in [-0.39, 0.29) is 12.1 Å². The second-order valence-electron chi connectivity index (χ2n) is 13.9. The smallest absolute Gasteiger partial charge is 0.302 e. The van der Waals surface area contributed by atoms with Gasteiger partial charge in [0.15, 0.2) is 0 Å². The summed E-state index contributed by atoms with van der Waals surface area (Å²) in [6.45, 7) is 16.8. The van der Waals surface area contributed by atoms with E-state index < -0.39 is 0 Å². The fourth-order valence-corrected chi connectivity index (χ4v) is 10.2. The zero-order valence-corrected chi connectivity index (χ0v) is 23.0. The standard InChI is InChI=1S/C31H54O2/c1-8-23(20(2)3)10-9-21(4)27-13-14-28-26-12-11-24-19-25(33-22(5)32)15-17-30(24,6)29(26)16-18-31(27,28)7/h20-21,23-29H,8-19H2,1-7H3/t21-,23-,24+,25-,26+,27+,28-,29-,30+,31+/m1/s1. The Balaban J connectivity index is 1.42. The third-order valence-corrected chi connectivity index (χ3v) is 12.2. The Morgan fingerprint density at radius 3 is 2.27 bits per heavy atom. The highest BCUT2D eigenvalue weighted by atomic mass is 16.5. The summed E-state index contributed by atoms with van der Waals surface area (Å²) in [5.41, 5.74) is 1.06. The monoisotopic (exact) mass is 458 g/mol. The molecule has 4 fully saturated rings. The first-order valence-electron chi connectivity index (χ1n) is 14.8. The summed E-state index contributed by atoms with van der Waals surface area (Å²) >= 11 is 0. The molecule has 0 spiro atoms. The van der Waals surface area contributed by atoms with Crippen molar-refractivity contribution in [3.63, 3.8) is 0 Å². The van der Waals surface area contributed by atoms with E-state index in [4.69, 9.17) is 4.74 Å². The second-order valence-corrected chi connectivity index (χ2v) is 13.9. The van der Waals surface area contributed by atoms with E-state index in [1.807, 2.05) is 0 Å². The summed E-state index contributed by atoms with van der Waals surface area (Å²) < 4.78 is 5.67. The van der Waals surface area contributed by atoms with Crippen molar-refractivity contribution in [2.45, 2.75) is 132 Å². The van der Waals surface area contributed by atoms with Crippen LogP contribution >= 0.6 is 0 Å². The van der Waals surface area contributed by atoms with Crippen molar-refractivity contribution in [1.29, 1.82) is 0 Å². The van der Waals surface area contributed by atoms with Gasteiger partial charge in [-0.05, 0) is 122 Å². The number of ether oxygens (including phenoxy) is 1. The molecule has 0 heterocycles. The first kappa shape index (κ1) is 25.6. The number of hydrogen-bond donors (Lipinski definition) is 0. The van der Waals surface area contributed by atoms with Crippen LogP contribution in [0.3, 0.4) is 0 Å². The maximum absolute atomic E-state index is 11.5. The molecule has 190 valence electrons. The van der Waals surface area contributed by atoms with Crippen LogP contribution in [0, 0.1) is 58.2 Å². The predicted molar refractivity (Wildman–Crippen MR) is 138 cm³/mol. The van der Waals surface area contributed by atoms with Crippen molar-refractivity contribution in [3.8, 4) is 0 Å². The van der Waals surface area contributed by atoms with Gasteiger partial charge in [0, 0.05) is 6.92 Å². The summed E-state index contributed by atoms with van der Waals surface area (Å²) in [6, 6.07) is 0. The van der Waals surface area contributed by atoms with E-state index in [0.29, 0.717) is 10.8 Å². The first-order chi connectivity index (χ1) is 15.6. The molecule has 4 aliphatic carbocycles. The third kappa shape index (κ3) is 4.67. The molecule has 2 heteroatoms. The Bertz CT molecular complexity index is 684. The number of esters is 1. The molecule has 2 nitrogen and oxygen atoms in total. The maximum Gasteiger partial charge on any atom is 0.302 e. The summed E-state index contributed by atoms with van der Waals surface area (Å²) in [4.78, 5) is 11.5. The van der Waals surface area contributed by atoms with Crippen molar-refractivity contribution in [2.24, 2.45) is 58.2 Å². The fourth-order valence-electron chi connectivity index (χ4n) is 10.2. The average molecular weight is 459 g/mol. The molecule has 0 aliphatic heterocycles. The lowest BCUT2D eigenvalue weighted by Gasteiger charge is -2.61. The molecule has 0 radical (unpaired) electrons. The Labute approximate surface area is 205 Å². The Morgan fingerprint density at radius 2 is 1.61 bits per heavy atom. The molecule has 4 saturated carbocycles. The van der Waals surface area contributed by atoms with Gasteiger partial charge in [-0.3, -0.25) is 4.79 Å². The number of fused-ring (bicyclic) bond motifs is 5. The molecule has 0 saturated heterocycles. The van der Waals surface area contributed by atoms with Crippen molar-refractivity contribution >= 4 is 5.97 Å². The van der Waals surface area contributed by atoms with Gasteiger partial charge >= 0.3 is 5.97 Å². The summed E-state index contributed by atoms with van der Waals surface area (Å²) in [5.74, 6) is 7.06. The lowest BCUT2D eigenvalue weighted by Crippen LogP contribution is -2.54. The van der Waals surface area contributed by atoms with Crippen LogP contribution < -0.4 is 0 Å². The highest BCUT2D eigenvalue weighted by Gasteiger charge is 2.60. The van der Waals surface area contributed by atoms with E-state index in [1.54, 1.807) is 6.92 Å². The van der Waals surface area contributed by atoms with Gasteiger partial charge in [0.1, 0.15) is 6.10 Å². The minimum atomic E-state index is -0.0875. The number of hydrogen-bond acceptors (Lipinski definition) is 2. The Hall–Kier alpha value is -0.530. The SMILES string of the molecule is CC[C@H](CC[C@@H](C)[C@@H]1CC[C@@H]2[C@@H]3CC[C@H]4C[C@H](OC(C)=O)CC[C@]4(C)[C@@H]3CC[C@]21C)C(C)C. The van der Waals surface area contributed by atoms with Crippen LogP contribution in [0.25, 0.3) is 0 Å². The lowest BCUT2D eigenvalue weighted by atomic mass is 9.44. The van der Waals surface area contributed by atoms with Gasteiger partial charge in [0.05, 0.1) is 0 Å². The van der Waals surface area contributed by atoms with E-state index >= 15 is 0 Å². The Morgan fingerprint density at radius 1 is 0.909 bits per heavy atom.